The summed E-state index contributed by atoms with van der Waals surface area (Å²) in [6, 6.07) is 7.60. The van der Waals surface area contributed by atoms with Gasteiger partial charge in [-0.15, -0.1) is 0 Å². The predicted octanol–water partition coefficient (Wildman–Crippen LogP) is 2.68. The number of amides is 1. The molecule has 0 bridgehead atoms. The van der Waals surface area contributed by atoms with Gasteiger partial charge in [0.05, 0.1) is 19.2 Å². The van der Waals surface area contributed by atoms with Crippen molar-refractivity contribution in [1.82, 2.24) is 19.9 Å². The summed E-state index contributed by atoms with van der Waals surface area (Å²) in [6.07, 6.45) is 1.93. The molecule has 2 aromatic rings. The van der Waals surface area contributed by atoms with Gasteiger partial charge in [0.2, 0.25) is 17.6 Å². The molecule has 0 aliphatic carbocycles. The average molecular weight is 403 g/mol. The van der Waals surface area contributed by atoms with E-state index in [9.17, 15) is 4.79 Å². The normalized spacial score (nSPS) is 20.5. The lowest BCUT2D eigenvalue weighted by Gasteiger charge is -2.31. The summed E-state index contributed by atoms with van der Waals surface area (Å²) >= 11 is 1.92. The van der Waals surface area contributed by atoms with Crippen molar-refractivity contribution in [2.24, 2.45) is 0 Å². The molecular formula is C20H26N4O3S. The minimum Gasteiger partial charge on any atom is -0.494 e. The maximum absolute atomic E-state index is 12.9. The molecule has 0 spiro atoms. The molecule has 0 radical (unpaired) electrons. The number of thioether (sulfide) groups is 1. The number of hydrogen-bond acceptors (Lipinski definition) is 7. The number of aromatic nitrogens is 2. The zero-order valence-electron chi connectivity index (χ0n) is 16.2. The Kier molecular flexibility index (Phi) is 6.17. The minimum atomic E-state index is -0.0658. The maximum atomic E-state index is 12.9. The van der Waals surface area contributed by atoms with E-state index >= 15 is 0 Å². The first kappa shape index (κ1) is 19.3. The first-order valence-electron chi connectivity index (χ1n) is 9.91. The zero-order chi connectivity index (χ0) is 19.3. The Labute approximate surface area is 169 Å². The lowest BCUT2D eigenvalue weighted by Crippen LogP contribution is -2.48. The second-order valence-electron chi connectivity index (χ2n) is 7.04. The van der Waals surface area contributed by atoms with Crippen LogP contribution in [0.1, 0.15) is 25.7 Å². The number of carbonyl (C=O) groups excluding carboxylic acids is 1. The number of rotatable bonds is 6. The zero-order valence-corrected chi connectivity index (χ0v) is 17.0. The van der Waals surface area contributed by atoms with Crippen LogP contribution in [0, 0.1) is 0 Å². The molecule has 1 aromatic carbocycles. The predicted molar refractivity (Wildman–Crippen MR) is 108 cm³/mol. The van der Waals surface area contributed by atoms with Crippen molar-refractivity contribution in [1.29, 1.82) is 0 Å². The molecule has 2 saturated heterocycles. The van der Waals surface area contributed by atoms with E-state index in [1.165, 1.54) is 0 Å². The maximum Gasteiger partial charge on any atom is 0.241 e. The van der Waals surface area contributed by atoms with Crippen LogP contribution in [0.25, 0.3) is 11.4 Å². The van der Waals surface area contributed by atoms with Crippen LogP contribution in [0.4, 0.5) is 0 Å². The number of ether oxygens (including phenoxy) is 1. The average Bonchev–Trinajstić information content (AvgIpc) is 3.39. The Morgan fingerprint density at radius 1 is 1.25 bits per heavy atom. The standard InChI is InChI=1S/C20H26N4O3S/c1-2-26-16-7-5-15(6-8-16)19-21-18(27-22-19)14-24-9-3-4-17(24)20(25)23-10-12-28-13-11-23/h5-8,17H,2-4,9-14H2,1H3. The number of hydrogen-bond donors (Lipinski definition) is 0. The first-order valence-corrected chi connectivity index (χ1v) is 11.1. The van der Waals surface area contributed by atoms with Gasteiger partial charge in [-0.05, 0) is 50.6 Å². The van der Waals surface area contributed by atoms with Gasteiger partial charge in [0, 0.05) is 30.2 Å². The summed E-state index contributed by atoms with van der Waals surface area (Å²) in [6.45, 7) is 5.72. The molecule has 150 valence electrons. The quantitative estimate of drug-likeness (QED) is 0.736. The van der Waals surface area contributed by atoms with Gasteiger partial charge >= 0.3 is 0 Å². The van der Waals surface area contributed by atoms with Crippen molar-refractivity contribution in [3.63, 3.8) is 0 Å². The lowest BCUT2D eigenvalue weighted by atomic mass is 10.2. The Morgan fingerprint density at radius 2 is 2.04 bits per heavy atom. The van der Waals surface area contributed by atoms with Crippen LogP contribution >= 0.6 is 11.8 Å². The fraction of sp³-hybridized carbons (Fsp3) is 0.550. The molecule has 28 heavy (non-hydrogen) atoms. The number of nitrogens with zero attached hydrogens (tertiary/aromatic N) is 4. The van der Waals surface area contributed by atoms with Gasteiger partial charge in [-0.2, -0.15) is 16.7 Å². The van der Waals surface area contributed by atoms with Crippen molar-refractivity contribution < 1.29 is 14.1 Å². The molecule has 1 unspecified atom stereocenters. The SMILES string of the molecule is CCOc1ccc(-c2noc(CN3CCCC3C(=O)N3CCSCC3)n2)cc1. The summed E-state index contributed by atoms with van der Waals surface area (Å²) in [4.78, 5) is 21.6. The molecule has 3 heterocycles. The monoisotopic (exact) mass is 402 g/mol. The third-order valence-electron chi connectivity index (χ3n) is 5.20. The van der Waals surface area contributed by atoms with E-state index < -0.39 is 0 Å². The van der Waals surface area contributed by atoms with Crippen LogP contribution in [-0.2, 0) is 11.3 Å². The van der Waals surface area contributed by atoms with Crippen LogP contribution in [0.5, 0.6) is 5.75 Å². The number of likely N-dealkylation sites (tertiary alicyclic amines) is 1. The Morgan fingerprint density at radius 3 is 2.79 bits per heavy atom. The summed E-state index contributed by atoms with van der Waals surface area (Å²) in [7, 11) is 0. The molecule has 0 saturated carbocycles. The highest BCUT2D eigenvalue weighted by Gasteiger charge is 2.35. The van der Waals surface area contributed by atoms with E-state index in [1.54, 1.807) is 0 Å². The molecule has 2 fully saturated rings. The molecule has 0 N–H and O–H groups in total. The van der Waals surface area contributed by atoms with Crippen LogP contribution in [-0.4, -0.2) is 69.6 Å². The van der Waals surface area contributed by atoms with E-state index in [-0.39, 0.29) is 11.9 Å². The Hall–Kier alpha value is -2.06. The summed E-state index contributed by atoms with van der Waals surface area (Å²) in [5, 5.41) is 4.11. The van der Waals surface area contributed by atoms with Crippen molar-refractivity contribution in [2.45, 2.75) is 32.4 Å². The van der Waals surface area contributed by atoms with E-state index in [0.717, 1.165) is 55.3 Å². The topological polar surface area (TPSA) is 71.7 Å². The Bertz CT molecular complexity index is 789. The Balaban J connectivity index is 1.40. The highest BCUT2D eigenvalue weighted by atomic mass is 32.2. The van der Waals surface area contributed by atoms with E-state index in [1.807, 2.05) is 47.9 Å². The molecule has 8 heteroatoms. The first-order chi connectivity index (χ1) is 13.7. The fourth-order valence-corrected chi connectivity index (χ4v) is 4.67. The van der Waals surface area contributed by atoms with E-state index in [0.29, 0.717) is 24.9 Å². The second kappa shape index (κ2) is 8.96. The third kappa shape index (κ3) is 4.33. The van der Waals surface area contributed by atoms with Crippen LogP contribution in [0.2, 0.25) is 0 Å². The number of carbonyl (C=O) groups is 1. The van der Waals surface area contributed by atoms with Crippen LogP contribution in [0.3, 0.4) is 0 Å². The molecule has 2 aliphatic heterocycles. The van der Waals surface area contributed by atoms with Gasteiger partial charge in [0.1, 0.15) is 5.75 Å². The van der Waals surface area contributed by atoms with Gasteiger partial charge < -0.3 is 14.2 Å². The molecule has 1 aromatic heterocycles. The van der Waals surface area contributed by atoms with Gasteiger partial charge in [0.25, 0.3) is 0 Å². The van der Waals surface area contributed by atoms with Crippen molar-refractivity contribution in [3.05, 3.63) is 30.2 Å². The molecule has 7 nitrogen and oxygen atoms in total. The smallest absolute Gasteiger partial charge is 0.241 e. The molecule has 2 aliphatic rings. The largest absolute Gasteiger partial charge is 0.494 e. The minimum absolute atomic E-state index is 0.0658. The van der Waals surface area contributed by atoms with Gasteiger partial charge in [-0.1, -0.05) is 5.16 Å². The second-order valence-corrected chi connectivity index (χ2v) is 8.26. The highest BCUT2D eigenvalue weighted by molar-refractivity contribution is 7.99. The van der Waals surface area contributed by atoms with E-state index in [4.69, 9.17) is 9.26 Å². The van der Waals surface area contributed by atoms with Crippen LogP contribution < -0.4 is 4.74 Å². The highest BCUT2D eigenvalue weighted by Crippen LogP contribution is 2.24. The number of benzene rings is 1. The summed E-state index contributed by atoms with van der Waals surface area (Å²) < 4.78 is 10.9. The van der Waals surface area contributed by atoms with Gasteiger partial charge in [0.15, 0.2) is 0 Å². The van der Waals surface area contributed by atoms with Crippen molar-refractivity contribution in [2.75, 3.05) is 37.7 Å². The fourth-order valence-electron chi connectivity index (χ4n) is 3.77. The molecule has 1 atom stereocenters. The van der Waals surface area contributed by atoms with E-state index in [2.05, 4.69) is 15.0 Å². The van der Waals surface area contributed by atoms with Crippen molar-refractivity contribution >= 4 is 17.7 Å². The summed E-state index contributed by atoms with van der Waals surface area (Å²) in [5.41, 5.74) is 0.887. The van der Waals surface area contributed by atoms with Gasteiger partial charge in [-0.3, -0.25) is 9.69 Å². The third-order valence-corrected chi connectivity index (χ3v) is 6.14. The van der Waals surface area contributed by atoms with Crippen molar-refractivity contribution in [3.8, 4) is 17.1 Å². The summed E-state index contributed by atoms with van der Waals surface area (Å²) in [5.74, 6) is 4.26. The molecule has 4 rings (SSSR count). The van der Waals surface area contributed by atoms with Crippen LogP contribution in [0.15, 0.2) is 28.8 Å². The molecular weight excluding hydrogens is 376 g/mol. The van der Waals surface area contributed by atoms with Gasteiger partial charge in [-0.25, -0.2) is 0 Å². The molecule has 1 amide bonds. The lowest BCUT2D eigenvalue weighted by molar-refractivity contribution is -0.135.